The molecule has 0 N–H and O–H groups in total. The standard InChI is InChI=1S/C16H17N3O3S/c20-23(21,12-9-14-5-2-1-3-6-14)19-11-8-15(13-19)22-16-7-4-10-17-18-16/h1-7,9-10,12,15H,8,11,13H2/b12-9+/t15-/m1/s1. The summed E-state index contributed by atoms with van der Waals surface area (Å²) in [5.74, 6) is 0.413. The average Bonchev–Trinajstić information content (AvgIpc) is 3.04. The first kappa shape index (κ1) is 15.6. The predicted octanol–water partition coefficient (Wildman–Crippen LogP) is 1.93. The molecule has 23 heavy (non-hydrogen) atoms. The molecule has 0 bridgehead atoms. The maximum atomic E-state index is 12.4. The van der Waals surface area contributed by atoms with Crippen LogP contribution in [0.15, 0.2) is 54.1 Å². The Labute approximate surface area is 135 Å². The van der Waals surface area contributed by atoms with Crippen LogP contribution in [0.3, 0.4) is 0 Å². The van der Waals surface area contributed by atoms with Crippen LogP contribution >= 0.6 is 0 Å². The van der Waals surface area contributed by atoms with Gasteiger partial charge in [-0.1, -0.05) is 30.3 Å². The van der Waals surface area contributed by atoms with Crippen molar-refractivity contribution in [3.63, 3.8) is 0 Å². The molecule has 2 heterocycles. The largest absolute Gasteiger partial charge is 0.472 e. The number of nitrogens with zero attached hydrogens (tertiary/aromatic N) is 3. The van der Waals surface area contributed by atoms with E-state index in [1.54, 1.807) is 24.4 Å². The average molecular weight is 331 g/mol. The monoisotopic (exact) mass is 331 g/mol. The predicted molar refractivity (Wildman–Crippen MR) is 87.0 cm³/mol. The summed E-state index contributed by atoms with van der Waals surface area (Å²) in [4.78, 5) is 0. The van der Waals surface area contributed by atoms with Crippen LogP contribution < -0.4 is 4.74 Å². The maximum Gasteiger partial charge on any atom is 0.236 e. The van der Waals surface area contributed by atoms with E-state index in [-0.39, 0.29) is 6.10 Å². The lowest BCUT2D eigenvalue weighted by Gasteiger charge is -2.14. The minimum atomic E-state index is -3.45. The van der Waals surface area contributed by atoms with Gasteiger partial charge in [-0.15, -0.1) is 5.10 Å². The van der Waals surface area contributed by atoms with E-state index >= 15 is 0 Å². The molecule has 1 aromatic carbocycles. The number of hydrogen-bond acceptors (Lipinski definition) is 5. The van der Waals surface area contributed by atoms with Gasteiger partial charge in [0.1, 0.15) is 6.10 Å². The first-order valence-corrected chi connectivity index (χ1v) is 8.81. The van der Waals surface area contributed by atoms with Gasteiger partial charge in [0.25, 0.3) is 0 Å². The Morgan fingerprint density at radius 2 is 2.00 bits per heavy atom. The molecule has 1 saturated heterocycles. The Morgan fingerprint density at radius 3 is 2.74 bits per heavy atom. The van der Waals surface area contributed by atoms with Crippen molar-refractivity contribution in [1.29, 1.82) is 0 Å². The van der Waals surface area contributed by atoms with Crippen LogP contribution in [0.5, 0.6) is 5.88 Å². The van der Waals surface area contributed by atoms with Gasteiger partial charge in [0.15, 0.2) is 0 Å². The van der Waals surface area contributed by atoms with Crippen molar-refractivity contribution in [3.05, 3.63) is 59.6 Å². The number of rotatable bonds is 5. The van der Waals surface area contributed by atoms with Crippen molar-refractivity contribution in [1.82, 2.24) is 14.5 Å². The number of hydrogen-bond donors (Lipinski definition) is 0. The molecule has 1 aromatic heterocycles. The summed E-state index contributed by atoms with van der Waals surface area (Å²) in [5, 5.41) is 8.83. The Hall–Kier alpha value is -2.25. The summed E-state index contributed by atoms with van der Waals surface area (Å²) in [6, 6.07) is 12.8. The zero-order chi connectivity index (χ0) is 16.1. The molecule has 1 fully saturated rings. The summed E-state index contributed by atoms with van der Waals surface area (Å²) in [6.07, 6.45) is 3.60. The quantitative estimate of drug-likeness (QED) is 0.837. The van der Waals surface area contributed by atoms with Crippen LogP contribution in [-0.4, -0.2) is 42.1 Å². The molecule has 0 spiro atoms. The van der Waals surface area contributed by atoms with E-state index in [0.29, 0.717) is 25.4 Å². The topological polar surface area (TPSA) is 72.4 Å². The molecule has 3 rings (SSSR count). The molecule has 0 aliphatic carbocycles. The van der Waals surface area contributed by atoms with Crippen molar-refractivity contribution in [2.45, 2.75) is 12.5 Å². The number of benzene rings is 1. The molecule has 0 saturated carbocycles. The summed E-state index contributed by atoms with van der Waals surface area (Å²) in [7, 11) is -3.45. The normalized spacial score (nSPS) is 19.2. The van der Waals surface area contributed by atoms with E-state index in [1.807, 2.05) is 30.3 Å². The summed E-state index contributed by atoms with van der Waals surface area (Å²) in [5.41, 5.74) is 0.850. The molecule has 2 aromatic rings. The third-order valence-electron chi connectivity index (χ3n) is 3.53. The molecule has 6 nitrogen and oxygen atoms in total. The highest BCUT2D eigenvalue weighted by Gasteiger charge is 2.31. The highest BCUT2D eigenvalue weighted by Crippen LogP contribution is 2.19. The molecule has 0 amide bonds. The third kappa shape index (κ3) is 4.14. The fraction of sp³-hybridized carbons (Fsp3) is 0.250. The number of aromatic nitrogens is 2. The molecule has 7 heteroatoms. The first-order valence-electron chi connectivity index (χ1n) is 7.31. The highest BCUT2D eigenvalue weighted by atomic mass is 32.2. The van der Waals surface area contributed by atoms with E-state index in [1.165, 1.54) is 9.71 Å². The summed E-state index contributed by atoms with van der Waals surface area (Å²) >= 11 is 0. The summed E-state index contributed by atoms with van der Waals surface area (Å²) < 4.78 is 31.8. The number of ether oxygens (including phenoxy) is 1. The minimum Gasteiger partial charge on any atom is -0.472 e. The SMILES string of the molecule is O=S(=O)(/C=C/c1ccccc1)N1CC[C@@H](Oc2cccnn2)C1. The molecule has 1 aliphatic rings. The zero-order valence-electron chi connectivity index (χ0n) is 12.4. The van der Waals surface area contributed by atoms with Gasteiger partial charge in [0.2, 0.25) is 15.9 Å². The minimum absolute atomic E-state index is 0.202. The fourth-order valence-corrected chi connectivity index (χ4v) is 3.60. The van der Waals surface area contributed by atoms with Crippen LogP contribution in [0.4, 0.5) is 0 Å². The lowest BCUT2D eigenvalue weighted by atomic mass is 10.2. The van der Waals surface area contributed by atoms with Gasteiger partial charge in [0.05, 0.1) is 6.54 Å². The lowest BCUT2D eigenvalue weighted by Crippen LogP contribution is -2.29. The van der Waals surface area contributed by atoms with Crippen molar-refractivity contribution in [3.8, 4) is 5.88 Å². The molecule has 0 radical (unpaired) electrons. The zero-order valence-corrected chi connectivity index (χ0v) is 13.3. The summed E-state index contributed by atoms with van der Waals surface area (Å²) in [6.45, 7) is 0.754. The Morgan fingerprint density at radius 1 is 1.17 bits per heavy atom. The third-order valence-corrected chi connectivity index (χ3v) is 5.07. The number of sulfonamides is 1. The van der Waals surface area contributed by atoms with E-state index in [9.17, 15) is 8.42 Å². The lowest BCUT2D eigenvalue weighted by molar-refractivity contribution is 0.205. The highest BCUT2D eigenvalue weighted by molar-refractivity contribution is 7.92. The first-order chi connectivity index (χ1) is 11.1. The van der Waals surface area contributed by atoms with Crippen LogP contribution in [-0.2, 0) is 10.0 Å². The molecule has 1 atom stereocenters. The molecular weight excluding hydrogens is 314 g/mol. The van der Waals surface area contributed by atoms with E-state index in [0.717, 1.165) is 5.56 Å². The molecule has 120 valence electrons. The van der Waals surface area contributed by atoms with E-state index in [4.69, 9.17) is 4.74 Å². The van der Waals surface area contributed by atoms with E-state index < -0.39 is 10.0 Å². The van der Waals surface area contributed by atoms with Gasteiger partial charge in [-0.25, -0.2) is 8.42 Å². The second-order valence-corrected chi connectivity index (χ2v) is 7.03. The van der Waals surface area contributed by atoms with Crippen LogP contribution in [0.1, 0.15) is 12.0 Å². The Balaban J connectivity index is 1.62. The maximum absolute atomic E-state index is 12.4. The van der Waals surface area contributed by atoms with Crippen LogP contribution in [0.25, 0.3) is 6.08 Å². The molecule has 1 aliphatic heterocycles. The molecule has 0 unspecified atom stereocenters. The van der Waals surface area contributed by atoms with Crippen LogP contribution in [0, 0.1) is 0 Å². The second-order valence-electron chi connectivity index (χ2n) is 5.21. The van der Waals surface area contributed by atoms with Crippen molar-refractivity contribution < 1.29 is 13.2 Å². The second kappa shape index (κ2) is 6.89. The molecular formula is C16H17N3O3S. The van der Waals surface area contributed by atoms with E-state index in [2.05, 4.69) is 10.2 Å². The van der Waals surface area contributed by atoms with Gasteiger partial charge in [0, 0.05) is 24.2 Å². The van der Waals surface area contributed by atoms with Crippen molar-refractivity contribution in [2.24, 2.45) is 0 Å². The van der Waals surface area contributed by atoms with Gasteiger partial charge in [-0.05, 0) is 24.1 Å². The Bertz CT molecular complexity index is 764. The van der Waals surface area contributed by atoms with Gasteiger partial charge >= 0.3 is 0 Å². The smallest absolute Gasteiger partial charge is 0.236 e. The van der Waals surface area contributed by atoms with Gasteiger partial charge in [-0.2, -0.15) is 9.40 Å². The van der Waals surface area contributed by atoms with Crippen molar-refractivity contribution >= 4 is 16.1 Å². The fourth-order valence-electron chi connectivity index (χ4n) is 2.36. The van der Waals surface area contributed by atoms with Gasteiger partial charge < -0.3 is 4.74 Å². The van der Waals surface area contributed by atoms with Crippen molar-refractivity contribution in [2.75, 3.05) is 13.1 Å². The van der Waals surface area contributed by atoms with Crippen LogP contribution in [0.2, 0.25) is 0 Å². The Kier molecular flexibility index (Phi) is 4.68. The van der Waals surface area contributed by atoms with Gasteiger partial charge in [-0.3, -0.25) is 0 Å².